The number of hydrogen-bond donors (Lipinski definition) is 1. The number of Topliss-reactive ketones (excluding diaryl/α,β-unsaturated/α-hetero) is 1. The molecule has 0 aliphatic rings. The molecule has 20 heavy (non-hydrogen) atoms. The van der Waals surface area contributed by atoms with Gasteiger partial charge in [-0.3, -0.25) is 9.59 Å². The first-order valence-electron chi connectivity index (χ1n) is 7.01. The lowest BCUT2D eigenvalue weighted by molar-refractivity contribution is -0.114. The van der Waals surface area contributed by atoms with Crippen LogP contribution in [0.5, 0.6) is 0 Å². The van der Waals surface area contributed by atoms with E-state index in [1.807, 2.05) is 13.8 Å². The number of carbonyl (C=O) groups is 2. The summed E-state index contributed by atoms with van der Waals surface area (Å²) < 4.78 is 0. The Bertz CT molecular complexity index is 532. The van der Waals surface area contributed by atoms with Crippen LogP contribution in [0.15, 0.2) is 6.07 Å². The molecule has 1 N–H and O–H groups in total. The van der Waals surface area contributed by atoms with Crippen LogP contribution in [0.1, 0.15) is 49.2 Å². The van der Waals surface area contributed by atoms with Gasteiger partial charge in [0.05, 0.1) is 11.4 Å². The van der Waals surface area contributed by atoms with Gasteiger partial charge in [-0.15, -0.1) is 0 Å². The van der Waals surface area contributed by atoms with Gasteiger partial charge in [-0.1, -0.05) is 0 Å². The van der Waals surface area contributed by atoms with E-state index in [0.717, 1.165) is 35.6 Å². The van der Waals surface area contributed by atoms with Crippen LogP contribution in [-0.4, -0.2) is 24.8 Å². The molecular weight excluding hydrogens is 252 g/mol. The number of ketones is 1. The summed E-state index contributed by atoms with van der Waals surface area (Å²) in [6.07, 6.45) is 0. The summed E-state index contributed by atoms with van der Waals surface area (Å²) in [6.45, 7) is 12.8. The van der Waals surface area contributed by atoms with Crippen LogP contribution in [0.25, 0.3) is 0 Å². The molecule has 0 bridgehead atoms. The number of amides is 1. The monoisotopic (exact) mass is 276 g/mol. The lowest BCUT2D eigenvalue weighted by Gasteiger charge is -2.28. The number of hydrogen-bond acceptors (Lipinski definition) is 3. The Balaban J connectivity index is 3.57. The highest BCUT2D eigenvalue weighted by atomic mass is 16.1. The third kappa shape index (κ3) is 3.18. The normalized spacial score (nSPS) is 10.3. The van der Waals surface area contributed by atoms with Crippen molar-refractivity contribution in [2.45, 2.75) is 41.5 Å². The third-order valence-corrected chi connectivity index (χ3v) is 3.64. The zero-order valence-corrected chi connectivity index (χ0v) is 13.3. The second-order valence-corrected chi connectivity index (χ2v) is 4.98. The molecule has 110 valence electrons. The molecule has 1 aromatic rings. The maximum atomic E-state index is 11.8. The van der Waals surface area contributed by atoms with E-state index in [0.29, 0.717) is 5.56 Å². The molecule has 0 spiro atoms. The number of anilines is 2. The summed E-state index contributed by atoms with van der Waals surface area (Å²) in [4.78, 5) is 25.4. The highest BCUT2D eigenvalue weighted by Crippen LogP contribution is 2.34. The molecule has 0 heterocycles. The molecule has 0 atom stereocenters. The molecular formula is C16H24N2O2. The number of benzene rings is 1. The van der Waals surface area contributed by atoms with E-state index in [-0.39, 0.29) is 11.7 Å². The standard InChI is InChI=1S/C16H24N2O2/c1-7-18(8-2)16-11(4)10(3)14(12(5)19)9-15(16)17-13(6)20/h9H,7-8H2,1-6H3,(H,17,20). The van der Waals surface area contributed by atoms with Gasteiger partial charge in [-0.2, -0.15) is 0 Å². The molecule has 1 rings (SSSR count). The van der Waals surface area contributed by atoms with Crippen LogP contribution < -0.4 is 10.2 Å². The van der Waals surface area contributed by atoms with Crippen LogP contribution in [0, 0.1) is 13.8 Å². The van der Waals surface area contributed by atoms with Crippen LogP contribution >= 0.6 is 0 Å². The average Bonchev–Trinajstić information content (AvgIpc) is 2.37. The molecule has 0 saturated carbocycles. The van der Waals surface area contributed by atoms with E-state index in [1.54, 1.807) is 13.0 Å². The lowest BCUT2D eigenvalue weighted by Crippen LogP contribution is -2.25. The number of carbonyl (C=O) groups excluding carboxylic acids is 2. The first-order valence-corrected chi connectivity index (χ1v) is 7.01. The zero-order chi connectivity index (χ0) is 15.4. The third-order valence-electron chi connectivity index (χ3n) is 3.64. The van der Waals surface area contributed by atoms with Gasteiger partial charge in [0.1, 0.15) is 0 Å². The van der Waals surface area contributed by atoms with Gasteiger partial charge in [0.2, 0.25) is 5.91 Å². The first kappa shape index (κ1) is 16.2. The Labute approximate surface area is 121 Å². The van der Waals surface area contributed by atoms with Crippen molar-refractivity contribution in [3.8, 4) is 0 Å². The summed E-state index contributed by atoms with van der Waals surface area (Å²) in [5.41, 5.74) is 4.42. The van der Waals surface area contributed by atoms with Gasteiger partial charge in [-0.05, 0) is 51.8 Å². The van der Waals surface area contributed by atoms with Crippen LogP contribution in [0.2, 0.25) is 0 Å². The van der Waals surface area contributed by atoms with Gasteiger partial charge in [0, 0.05) is 25.6 Å². The SMILES string of the molecule is CCN(CC)c1c(NC(C)=O)cc(C(C)=O)c(C)c1C. The Morgan fingerprint density at radius 3 is 2.05 bits per heavy atom. The smallest absolute Gasteiger partial charge is 0.221 e. The first-order chi connectivity index (χ1) is 9.33. The van der Waals surface area contributed by atoms with Gasteiger partial charge < -0.3 is 10.2 Å². The molecule has 0 unspecified atom stereocenters. The summed E-state index contributed by atoms with van der Waals surface area (Å²) in [5.74, 6) is -0.112. The summed E-state index contributed by atoms with van der Waals surface area (Å²) in [6, 6.07) is 1.79. The molecule has 0 saturated heterocycles. The Kier molecular flexibility index (Phi) is 5.31. The van der Waals surface area contributed by atoms with Crippen molar-refractivity contribution in [2.24, 2.45) is 0 Å². The molecule has 4 heteroatoms. The van der Waals surface area contributed by atoms with Gasteiger partial charge in [0.25, 0.3) is 0 Å². The average molecular weight is 276 g/mol. The maximum Gasteiger partial charge on any atom is 0.221 e. The van der Waals surface area contributed by atoms with E-state index in [4.69, 9.17) is 0 Å². The van der Waals surface area contributed by atoms with E-state index in [2.05, 4.69) is 24.1 Å². The van der Waals surface area contributed by atoms with Crippen LogP contribution in [0.3, 0.4) is 0 Å². The Morgan fingerprint density at radius 2 is 1.65 bits per heavy atom. The summed E-state index contributed by atoms with van der Waals surface area (Å²) >= 11 is 0. The zero-order valence-electron chi connectivity index (χ0n) is 13.3. The maximum absolute atomic E-state index is 11.8. The van der Waals surface area contributed by atoms with Crippen molar-refractivity contribution < 1.29 is 9.59 Å². The van der Waals surface area contributed by atoms with Gasteiger partial charge in [0.15, 0.2) is 5.78 Å². The lowest BCUT2D eigenvalue weighted by atomic mass is 9.96. The minimum absolute atomic E-state index is 0.0169. The summed E-state index contributed by atoms with van der Waals surface area (Å²) in [5, 5.41) is 2.85. The van der Waals surface area contributed by atoms with Crippen molar-refractivity contribution in [3.63, 3.8) is 0 Å². The second kappa shape index (κ2) is 6.55. The molecule has 0 aromatic heterocycles. The van der Waals surface area contributed by atoms with Crippen molar-refractivity contribution >= 4 is 23.1 Å². The summed E-state index contributed by atoms with van der Waals surface area (Å²) in [7, 11) is 0. The molecule has 0 radical (unpaired) electrons. The minimum atomic E-state index is -0.129. The fraction of sp³-hybridized carbons (Fsp3) is 0.500. The number of nitrogens with zero attached hydrogens (tertiary/aromatic N) is 1. The van der Waals surface area contributed by atoms with E-state index in [9.17, 15) is 9.59 Å². The van der Waals surface area contributed by atoms with E-state index in [1.165, 1.54) is 6.92 Å². The van der Waals surface area contributed by atoms with E-state index < -0.39 is 0 Å². The van der Waals surface area contributed by atoms with Crippen molar-refractivity contribution in [1.82, 2.24) is 0 Å². The van der Waals surface area contributed by atoms with Crippen molar-refractivity contribution in [2.75, 3.05) is 23.3 Å². The predicted molar refractivity (Wildman–Crippen MR) is 83.8 cm³/mol. The quantitative estimate of drug-likeness (QED) is 0.839. The fourth-order valence-electron chi connectivity index (χ4n) is 2.50. The minimum Gasteiger partial charge on any atom is -0.370 e. The Hall–Kier alpha value is -1.84. The second-order valence-electron chi connectivity index (χ2n) is 4.98. The van der Waals surface area contributed by atoms with Crippen LogP contribution in [0.4, 0.5) is 11.4 Å². The van der Waals surface area contributed by atoms with Gasteiger partial charge >= 0.3 is 0 Å². The van der Waals surface area contributed by atoms with Crippen molar-refractivity contribution in [3.05, 3.63) is 22.8 Å². The van der Waals surface area contributed by atoms with E-state index >= 15 is 0 Å². The predicted octanol–water partition coefficient (Wildman–Crippen LogP) is 3.31. The van der Waals surface area contributed by atoms with Crippen molar-refractivity contribution in [1.29, 1.82) is 0 Å². The molecule has 0 aliphatic heterocycles. The highest BCUT2D eigenvalue weighted by Gasteiger charge is 2.18. The molecule has 0 aliphatic carbocycles. The molecule has 1 aromatic carbocycles. The molecule has 0 fully saturated rings. The van der Waals surface area contributed by atoms with Gasteiger partial charge in [-0.25, -0.2) is 0 Å². The molecule has 4 nitrogen and oxygen atoms in total. The largest absolute Gasteiger partial charge is 0.370 e. The topological polar surface area (TPSA) is 49.4 Å². The van der Waals surface area contributed by atoms with Crippen LogP contribution in [-0.2, 0) is 4.79 Å². The highest BCUT2D eigenvalue weighted by molar-refractivity contribution is 6.01. The fourth-order valence-corrected chi connectivity index (χ4v) is 2.50. The number of nitrogens with one attached hydrogen (secondary N) is 1. The molecule has 1 amide bonds. The number of rotatable bonds is 5. The Morgan fingerprint density at radius 1 is 1.10 bits per heavy atom.